The highest BCUT2D eigenvalue weighted by molar-refractivity contribution is 9.12. The quantitative estimate of drug-likeness (QED) is 0.725. The zero-order chi connectivity index (χ0) is 17.8. The Morgan fingerprint density at radius 1 is 1.20 bits per heavy atom. The number of halogens is 1. The lowest BCUT2D eigenvalue weighted by Gasteiger charge is -2.14. The lowest BCUT2D eigenvalue weighted by atomic mass is 10.0. The Labute approximate surface area is 154 Å². The van der Waals surface area contributed by atoms with E-state index < -0.39 is 12.3 Å². The Morgan fingerprint density at radius 2 is 1.96 bits per heavy atom. The first-order valence-electron chi connectivity index (χ1n) is 7.81. The number of carbonyl (C=O) groups excluding carboxylic acids is 1. The highest BCUT2D eigenvalue weighted by atomic mass is 79.9. The minimum Gasteiger partial charge on any atom is -0.496 e. The van der Waals surface area contributed by atoms with Gasteiger partial charge in [0.25, 0.3) is 0 Å². The summed E-state index contributed by atoms with van der Waals surface area (Å²) in [4.78, 5) is 11.6. The number of hydrogen-bond donors (Lipinski definition) is 2. The number of benzene rings is 2. The molecule has 1 aliphatic heterocycles. The van der Waals surface area contributed by atoms with Crippen LogP contribution in [0.2, 0.25) is 0 Å². The zero-order valence-electron chi connectivity index (χ0n) is 13.7. The molecule has 0 aliphatic carbocycles. The van der Waals surface area contributed by atoms with Crippen molar-refractivity contribution in [1.29, 1.82) is 0 Å². The van der Waals surface area contributed by atoms with Crippen LogP contribution >= 0.6 is 15.9 Å². The van der Waals surface area contributed by atoms with Crippen LogP contribution in [0.25, 0.3) is 5.57 Å². The van der Waals surface area contributed by atoms with E-state index >= 15 is 0 Å². The minimum absolute atomic E-state index is 0.244. The van der Waals surface area contributed by atoms with E-state index in [1.54, 1.807) is 13.2 Å². The molecule has 130 valence electrons. The Bertz CT molecular complexity index is 804. The summed E-state index contributed by atoms with van der Waals surface area (Å²) in [5.74, 6) is 0.169. The van der Waals surface area contributed by atoms with Gasteiger partial charge >= 0.3 is 5.97 Å². The molecule has 0 spiro atoms. The Kier molecular flexibility index (Phi) is 5.53. The second-order valence-corrected chi connectivity index (χ2v) is 6.39. The summed E-state index contributed by atoms with van der Waals surface area (Å²) in [5.41, 5.74) is 3.25. The lowest BCUT2D eigenvalue weighted by Crippen LogP contribution is -2.14. The number of rotatable bonds is 6. The van der Waals surface area contributed by atoms with Crippen LogP contribution in [0.3, 0.4) is 0 Å². The number of methoxy groups -OCH3 is 1. The highest BCUT2D eigenvalue weighted by Crippen LogP contribution is 2.35. The lowest BCUT2D eigenvalue weighted by molar-refractivity contribution is -0.149. The molecule has 1 unspecified atom stereocenters. The van der Waals surface area contributed by atoms with Gasteiger partial charge < -0.3 is 19.9 Å². The van der Waals surface area contributed by atoms with Crippen molar-refractivity contribution in [3.63, 3.8) is 0 Å². The van der Waals surface area contributed by atoms with E-state index in [9.17, 15) is 9.90 Å². The van der Waals surface area contributed by atoms with Crippen molar-refractivity contribution in [2.45, 2.75) is 19.4 Å². The average molecular weight is 404 g/mol. The van der Waals surface area contributed by atoms with Crippen LogP contribution < -0.4 is 10.1 Å². The molecule has 0 radical (unpaired) electrons. The summed E-state index contributed by atoms with van der Waals surface area (Å²) < 4.78 is 10.5. The second-order valence-electron chi connectivity index (χ2n) is 5.60. The van der Waals surface area contributed by atoms with E-state index in [4.69, 9.17) is 9.47 Å². The number of aliphatic hydroxyl groups excluding tert-OH is 1. The number of cyclic esters (lactones) is 1. The SMILES string of the molecule is COc1ccc(C2=C(Br)C(=O)OC2O)cc1CNCc1ccccc1. The highest BCUT2D eigenvalue weighted by Gasteiger charge is 2.32. The van der Waals surface area contributed by atoms with Crippen molar-refractivity contribution in [3.8, 4) is 5.75 Å². The molecule has 0 fully saturated rings. The number of nitrogens with one attached hydrogen (secondary N) is 1. The second kappa shape index (κ2) is 7.82. The summed E-state index contributed by atoms with van der Waals surface area (Å²) in [6.07, 6.45) is -1.26. The van der Waals surface area contributed by atoms with Crippen LogP contribution in [0.15, 0.2) is 53.0 Å². The molecule has 0 saturated heterocycles. The van der Waals surface area contributed by atoms with Gasteiger partial charge in [-0.15, -0.1) is 0 Å². The van der Waals surface area contributed by atoms with Gasteiger partial charge in [0.1, 0.15) is 10.2 Å². The Balaban J connectivity index is 1.80. The van der Waals surface area contributed by atoms with E-state index in [2.05, 4.69) is 33.4 Å². The molecule has 2 N–H and O–H groups in total. The first-order valence-corrected chi connectivity index (χ1v) is 8.60. The minimum atomic E-state index is -1.26. The standard InChI is InChI=1S/C19H18BrNO4/c1-24-15-8-7-13(16-17(20)19(23)25-18(16)22)9-14(15)11-21-10-12-5-3-2-4-6-12/h2-9,18,21-22H,10-11H2,1H3. The molecule has 1 aliphatic rings. The summed E-state index contributed by atoms with van der Waals surface area (Å²) in [5, 5.41) is 13.3. The first kappa shape index (κ1) is 17.7. The summed E-state index contributed by atoms with van der Waals surface area (Å²) >= 11 is 3.19. The Hall–Kier alpha value is -2.15. The van der Waals surface area contributed by atoms with Gasteiger partial charge in [-0.3, -0.25) is 0 Å². The van der Waals surface area contributed by atoms with Crippen molar-refractivity contribution in [2.75, 3.05) is 7.11 Å². The van der Waals surface area contributed by atoms with Crippen molar-refractivity contribution < 1.29 is 19.4 Å². The van der Waals surface area contributed by atoms with E-state index in [-0.39, 0.29) is 4.48 Å². The average Bonchev–Trinajstić information content (AvgIpc) is 2.88. The van der Waals surface area contributed by atoms with E-state index in [0.29, 0.717) is 17.7 Å². The van der Waals surface area contributed by atoms with Crippen molar-refractivity contribution >= 4 is 27.5 Å². The van der Waals surface area contributed by atoms with Gasteiger partial charge in [-0.2, -0.15) is 0 Å². The topological polar surface area (TPSA) is 67.8 Å². The molecule has 25 heavy (non-hydrogen) atoms. The third-order valence-electron chi connectivity index (χ3n) is 3.96. The molecule has 0 saturated carbocycles. The molecular weight excluding hydrogens is 386 g/mol. The molecule has 5 nitrogen and oxygen atoms in total. The fourth-order valence-corrected chi connectivity index (χ4v) is 3.24. The van der Waals surface area contributed by atoms with Crippen LogP contribution in [0.4, 0.5) is 0 Å². The van der Waals surface area contributed by atoms with Crippen LogP contribution in [-0.4, -0.2) is 24.5 Å². The van der Waals surface area contributed by atoms with Crippen LogP contribution in [0, 0.1) is 0 Å². The predicted octanol–water partition coefficient (Wildman–Crippen LogP) is 2.97. The monoisotopic (exact) mass is 403 g/mol. The number of carbonyl (C=O) groups is 1. The molecule has 0 amide bonds. The molecule has 0 bridgehead atoms. The van der Waals surface area contributed by atoms with Crippen LogP contribution in [-0.2, 0) is 22.6 Å². The molecule has 3 rings (SSSR count). The van der Waals surface area contributed by atoms with Gasteiger partial charge in [0, 0.05) is 24.2 Å². The molecule has 6 heteroatoms. The third kappa shape index (κ3) is 3.92. The zero-order valence-corrected chi connectivity index (χ0v) is 15.2. The van der Waals surface area contributed by atoms with Crippen LogP contribution in [0.1, 0.15) is 16.7 Å². The number of ether oxygens (including phenoxy) is 2. The molecule has 1 heterocycles. The molecule has 0 aromatic heterocycles. The summed E-state index contributed by atoms with van der Waals surface area (Å²) in [6, 6.07) is 15.6. The maximum atomic E-state index is 11.6. The molecule has 1 atom stereocenters. The summed E-state index contributed by atoms with van der Waals surface area (Å²) in [6.45, 7) is 1.31. The third-order valence-corrected chi connectivity index (χ3v) is 4.71. The van der Waals surface area contributed by atoms with Gasteiger partial charge in [-0.05, 0) is 39.2 Å². The largest absolute Gasteiger partial charge is 0.496 e. The fraction of sp³-hybridized carbons (Fsp3) is 0.211. The van der Waals surface area contributed by atoms with E-state index in [0.717, 1.165) is 17.9 Å². The molecule has 2 aromatic carbocycles. The number of esters is 1. The van der Waals surface area contributed by atoms with Gasteiger partial charge in [0.2, 0.25) is 6.29 Å². The van der Waals surface area contributed by atoms with Gasteiger partial charge in [-0.1, -0.05) is 36.4 Å². The normalized spacial score (nSPS) is 16.9. The number of hydrogen-bond acceptors (Lipinski definition) is 5. The van der Waals surface area contributed by atoms with Gasteiger partial charge in [0.15, 0.2) is 0 Å². The van der Waals surface area contributed by atoms with Crippen molar-refractivity contribution in [2.24, 2.45) is 0 Å². The van der Waals surface area contributed by atoms with E-state index in [1.807, 2.05) is 30.3 Å². The Morgan fingerprint density at radius 3 is 2.60 bits per heavy atom. The first-order chi connectivity index (χ1) is 12.1. The fourth-order valence-electron chi connectivity index (χ4n) is 2.72. The predicted molar refractivity (Wildman–Crippen MR) is 97.9 cm³/mol. The van der Waals surface area contributed by atoms with Crippen molar-refractivity contribution in [3.05, 3.63) is 69.7 Å². The van der Waals surface area contributed by atoms with E-state index in [1.165, 1.54) is 5.56 Å². The smallest absolute Gasteiger partial charge is 0.348 e. The molecule has 2 aromatic rings. The van der Waals surface area contributed by atoms with Gasteiger partial charge in [0.05, 0.1) is 7.11 Å². The summed E-state index contributed by atoms with van der Waals surface area (Å²) in [7, 11) is 1.61. The van der Waals surface area contributed by atoms with Crippen LogP contribution in [0.5, 0.6) is 5.75 Å². The molecular formula is C19H18BrNO4. The maximum absolute atomic E-state index is 11.6. The van der Waals surface area contributed by atoms with Gasteiger partial charge in [-0.25, -0.2) is 4.79 Å². The maximum Gasteiger partial charge on any atom is 0.348 e. The van der Waals surface area contributed by atoms with Crippen molar-refractivity contribution in [1.82, 2.24) is 5.32 Å². The number of aliphatic hydroxyl groups is 1.